The number of hydrogen-bond acceptors (Lipinski definition) is 4. The van der Waals surface area contributed by atoms with E-state index in [1.54, 1.807) is 4.68 Å². The fourth-order valence-electron chi connectivity index (χ4n) is 3.44. The summed E-state index contributed by atoms with van der Waals surface area (Å²) in [4.78, 5) is 0. The normalized spacial score (nSPS) is 29.4. The first kappa shape index (κ1) is 14.5. The predicted octanol–water partition coefficient (Wildman–Crippen LogP) is 1.54. The molecule has 2 rings (SSSR count). The minimum atomic E-state index is -0.0655. The van der Waals surface area contributed by atoms with Gasteiger partial charge < -0.3 is 10.1 Å². The van der Waals surface area contributed by atoms with Gasteiger partial charge in [-0.1, -0.05) is 25.0 Å². The molecule has 1 saturated carbocycles. The summed E-state index contributed by atoms with van der Waals surface area (Å²) >= 11 is 0. The fourth-order valence-corrected chi connectivity index (χ4v) is 3.44. The maximum atomic E-state index is 5.96. The summed E-state index contributed by atoms with van der Waals surface area (Å²) < 4.78 is 7.72. The number of hydrogen-bond donors (Lipinski definition) is 1. The van der Waals surface area contributed by atoms with E-state index in [0.29, 0.717) is 0 Å². The number of nitrogens with one attached hydrogen (secondary N) is 1. The van der Waals surface area contributed by atoms with Gasteiger partial charge in [-0.05, 0) is 25.8 Å². The van der Waals surface area contributed by atoms with Gasteiger partial charge in [-0.15, -0.1) is 5.10 Å². The summed E-state index contributed by atoms with van der Waals surface area (Å²) in [5, 5.41) is 11.7. The van der Waals surface area contributed by atoms with Crippen LogP contribution in [0.25, 0.3) is 0 Å². The van der Waals surface area contributed by atoms with Crippen LogP contribution in [0.5, 0.6) is 0 Å². The molecule has 0 spiro atoms. The van der Waals surface area contributed by atoms with Crippen molar-refractivity contribution in [3.63, 3.8) is 0 Å². The monoisotopic (exact) mass is 266 g/mol. The van der Waals surface area contributed by atoms with E-state index in [0.717, 1.165) is 30.9 Å². The Labute approximate surface area is 115 Å². The maximum absolute atomic E-state index is 5.96. The summed E-state index contributed by atoms with van der Waals surface area (Å²) in [5.74, 6) is 0.728. The number of methoxy groups -OCH3 is 1. The summed E-state index contributed by atoms with van der Waals surface area (Å²) in [6, 6.07) is 0.289. The summed E-state index contributed by atoms with van der Waals surface area (Å²) in [5.41, 5.74) is 0.959. The molecule has 0 aromatic carbocycles. The molecule has 5 heteroatoms. The molecule has 19 heavy (non-hydrogen) atoms. The largest absolute Gasteiger partial charge is 0.377 e. The molecule has 108 valence electrons. The van der Waals surface area contributed by atoms with Crippen molar-refractivity contribution in [2.45, 2.75) is 50.7 Å². The molecule has 0 saturated heterocycles. The van der Waals surface area contributed by atoms with Crippen molar-refractivity contribution in [1.82, 2.24) is 20.3 Å². The van der Waals surface area contributed by atoms with Gasteiger partial charge in [-0.3, -0.25) is 4.68 Å². The smallest absolute Gasteiger partial charge is 0.0843 e. The zero-order valence-electron chi connectivity index (χ0n) is 12.5. The molecule has 1 heterocycles. The molecule has 5 nitrogen and oxygen atoms in total. The first-order valence-electron chi connectivity index (χ1n) is 7.17. The summed E-state index contributed by atoms with van der Waals surface area (Å²) in [6.07, 6.45) is 7.65. The molecule has 1 aliphatic rings. The number of nitrogens with zero attached hydrogens (tertiary/aromatic N) is 3. The molecule has 3 atom stereocenters. The van der Waals surface area contributed by atoms with Gasteiger partial charge in [-0.2, -0.15) is 0 Å². The zero-order valence-corrected chi connectivity index (χ0v) is 12.5. The van der Waals surface area contributed by atoms with Gasteiger partial charge >= 0.3 is 0 Å². The van der Waals surface area contributed by atoms with E-state index in [4.69, 9.17) is 4.74 Å². The molecule has 1 fully saturated rings. The average molecular weight is 266 g/mol. The Kier molecular flexibility index (Phi) is 4.58. The number of rotatable bonds is 5. The molecule has 0 bridgehead atoms. The molecule has 1 aliphatic carbocycles. The van der Waals surface area contributed by atoms with Crippen molar-refractivity contribution in [3.05, 3.63) is 11.9 Å². The SMILES string of the molecule is CNC(Cc1cn(C)nn1)C1(OC)CCCC(C)C1. The summed E-state index contributed by atoms with van der Waals surface area (Å²) in [6.45, 7) is 2.32. The minimum Gasteiger partial charge on any atom is -0.377 e. The maximum Gasteiger partial charge on any atom is 0.0843 e. The van der Waals surface area contributed by atoms with Gasteiger partial charge in [0.1, 0.15) is 0 Å². The van der Waals surface area contributed by atoms with E-state index in [9.17, 15) is 0 Å². The Morgan fingerprint density at radius 3 is 2.95 bits per heavy atom. The zero-order chi connectivity index (χ0) is 13.9. The van der Waals surface area contributed by atoms with Crippen molar-refractivity contribution in [2.24, 2.45) is 13.0 Å². The van der Waals surface area contributed by atoms with E-state index in [1.807, 2.05) is 27.4 Å². The topological polar surface area (TPSA) is 52.0 Å². The highest BCUT2D eigenvalue weighted by atomic mass is 16.5. The Bertz CT molecular complexity index is 406. The lowest BCUT2D eigenvalue weighted by Gasteiger charge is -2.44. The summed E-state index contributed by atoms with van der Waals surface area (Å²) in [7, 11) is 5.76. The first-order valence-corrected chi connectivity index (χ1v) is 7.17. The van der Waals surface area contributed by atoms with Crippen molar-refractivity contribution in [1.29, 1.82) is 0 Å². The molecule has 1 aromatic rings. The van der Waals surface area contributed by atoms with Gasteiger partial charge in [0, 0.05) is 32.8 Å². The fraction of sp³-hybridized carbons (Fsp3) is 0.857. The van der Waals surface area contributed by atoms with Crippen LogP contribution in [-0.2, 0) is 18.2 Å². The van der Waals surface area contributed by atoms with E-state index in [1.165, 1.54) is 12.8 Å². The molecule has 1 N–H and O–H groups in total. The number of aromatic nitrogens is 3. The second-order valence-electron chi connectivity index (χ2n) is 5.90. The molecule has 1 aromatic heterocycles. The van der Waals surface area contributed by atoms with Gasteiger partial charge in [0.2, 0.25) is 0 Å². The van der Waals surface area contributed by atoms with Crippen LogP contribution in [0.1, 0.15) is 38.3 Å². The highest BCUT2D eigenvalue weighted by Crippen LogP contribution is 2.38. The van der Waals surface area contributed by atoms with E-state index >= 15 is 0 Å². The molecular formula is C14H26N4O. The van der Waals surface area contributed by atoms with Crippen molar-refractivity contribution in [3.8, 4) is 0 Å². The lowest BCUT2D eigenvalue weighted by molar-refractivity contribution is -0.0777. The van der Waals surface area contributed by atoms with Gasteiger partial charge in [0.25, 0.3) is 0 Å². The third-order valence-corrected chi connectivity index (χ3v) is 4.44. The van der Waals surface area contributed by atoms with Crippen LogP contribution in [0.4, 0.5) is 0 Å². The van der Waals surface area contributed by atoms with Crippen LogP contribution < -0.4 is 5.32 Å². The quantitative estimate of drug-likeness (QED) is 0.878. The van der Waals surface area contributed by atoms with Crippen LogP contribution in [0, 0.1) is 5.92 Å². The van der Waals surface area contributed by atoms with Crippen molar-refractivity contribution >= 4 is 0 Å². The second kappa shape index (κ2) is 6.01. The standard InChI is InChI=1S/C14H26N4O/c1-11-6-5-7-14(9-11,19-4)13(15-2)8-12-10-18(3)17-16-12/h10-11,13,15H,5-9H2,1-4H3. The molecule has 0 amide bonds. The van der Waals surface area contributed by atoms with Gasteiger partial charge in [0.05, 0.1) is 11.3 Å². The second-order valence-corrected chi connectivity index (χ2v) is 5.90. The van der Waals surface area contributed by atoms with Gasteiger partial charge in [-0.25, -0.2) is 0 Å². The molecule has 0 aliphatic heterocycles. The molecular weight excluding hydrogens is 240 g/mol. The van der Waals surface area contributed by atoms with Crippen molar-refractivity contribution < 1.29 is 4.74 Å². The Hall–Kier alpha value is -0.940. The van der Waals surface area contributed by atoms with E-state index < -0.39 is 0 Å². The molecule has 3 unspecified atom stereocenters. The minimum absolute atomic E-state index is 0.0655. The Morgan fingerprint density at radius 2 is 2.42 bits per heavy atom. The van der Waals surface area contributed by atoms with Crippen LogP contribution in [0.3, 0.4) is 0 Å². The van der Waals surface area contributed by atoms with E-state index in [-0.39, 0.29) is 11.6 Å². The Morgan fingerprint density at radius 1 is 1.63 bits per heavy atom. The highest BCUT2D eigenvalue weighted by molar-refractivity contribution is 5.04. The van der Waals surface area contributed by atoms with Crippen LogP contribution in [-0.4, -0.2) is 40.8 Å². The third-order valence-electron chi connectivity index (χ3n) is 4.44. The van der Waals surface area contributed by atoms with Gasteiger partial charge in [0.15, 0.2) is 0 Å². The van der Waals surface area contributed by atoms with Crippen LogP contribution in [0.15, 0.2) is 6.20 Å². The van der Waals surface area contributed by atoms with Crippen molar-refractivity contribution in [2.75, 3.05) is 14.2 Å². The molecule has 0 radical (unpaired) electrons. The van der Waals surface area contributed by atoms with Crippen LogP contribution in [0.2, 0.25) is 0 Å². The third kappa shape index (κ3) is 3.15. The predicted molar refractivity (Wildman–Crippen MR) is 74.9 cm³/mol. The lowest BCUT2D eigenvalue weighted by Crippen LogP contribution is -2.54. The van der Waals surface area contributed by atoms with E-state index in [2.05, 4.69) is 22.6 Å². The number of likely N-dealkylation sites (N-methyl/N-ethyl adjacent to an activating group) is 1. The first-order chi connectivity index (χ1) is 9.09. The number of ether oxygens (including phenoxy) is 1. The lowest BCUT2D eigenvalue weighted by atomic mass is 9.73. The highest BCUT2D eigenvalue weighted by Gasteiger charge is 2.41. The average Bonchev–Trinajstić information content (AvgIpc) is 2.81. The van der Waals surface area contributed by atoms with Crippen LogP contribution >= 0.6 is 0 Å². The Balaban J connectivity index is 2.13. The number of aryl methyl sites for hydroxylation is 1.